The molecule has 0 radical (unpaired) electrons. The molecule has 0 saturated carbocycles. The molecule has 1 aliphatic carbocycles. The molecule has 0 aliphatic heterocycles. The first-order valence-electron chi connectivity index (χ1n) is 9.73. The fraction of sp³-hybridized carbons (Fsp3) is 0.333. The van der Waals surface area contributed by atoms with Crippen LogP contribution in [0.1, 0.15) is 43.5 Å². The van der Waals surface area contributed by atoms with Gasteiger partial charge >= 0.3 is 0 Å². The molecule has 1 aliphatic rings. The third kappa shape index (κ3) is 5.62. The molecular formula is C21H22N4O4S2. The molecule has 0 fully saturated rings. The summed E-state index contributed by atoms with van der Waals surface area (Å²) < 4.78 is 25.9. The number of hydrogen-bond acceptors (Lipinski definition) is 7. The van der Waals surface area contributed by atoms with E-state index in [4.69, 9.17) is 0 Å². The SMILES string of the molecule is CC(=O)NS(=O)(=O)c1ccc(NC(=O)C(C)Sc2nc3c(cc2C#N)CCCC3)cc1. The van der Waals surface area contributed by atoms with Gasteiger partial charge in [-0.25, -0.2) is 18.1 Å². The van der Waals surface area contributed by atoms with Crippen LogP contribution in [0.3, 0.4) is 0 Å². The predicted molar refractivity (Wildman–Crippen MR) is 117 cm³/mol. The first kappa shape index (κ1) is 22.8. The molecule has 1 aromatic heterocycles. The number of nitrogens with one attached hydrogen (secondary N) is 2. The number of aryl methyl sites for hydroxylation is 2. The number of hydrogen-bond donors (Lipinski definition) is 2. The Hall–Kier alpha value is -2.90. The van der Waals surface area contributed by atoms with E-state index in [1.165, 1.54) is 36.0 Å². The Labute approximate surface area is 185 Å². The Morgan fingerprint density at radius 3 is 2.52 bits per heavy atom. The lowest BCUT2D eigenvalue weighted by Gasteiger charge is -2.18. The van der Waals surface area contributed by atoms with Crippen LogP contribution in [-0.4, -0.2) is 30.5 Å². The number of aromatic nitrogens is 1. The summed E-state index contributed by atoms with van der Waals surface area (Å²) in [6.07, 6.45) is 3.96. The van der Waals surface area contributed by atoms with Crippen molar-refractivity contribution in [2.24, 2.45) is 0 Å². The van der Waals surface area contributed by atoms with Gasteiger partial charge in [0.2, 0.25) is 11.8 Å². The van der Waals surface area contributed by atoms with Gasteiger partial charge in [-0.3, -0.25) is 9.59 Å². The van der Waals surface area contributed by atoms with Crippen LogP contribution < -0.4 is 10.0 Å². The molecule has 0 saturated heterocycles. The normalized spacial score (nSPS) is 14.1. The average molecular weight is 459 g/mol. The summed E-state index contributed by atoms with van der Waals surface area (Å²) in [5, 5.41) is 12.2. The second-order valence-corrected chi connectivity index (χ2v) is 10.2. The van der Waals surface area contributed by atoms with Gasteiger partial charge in [0, 0.05) is 18.3 Å². The summed E-state index contributed by atoms with van der Waals surface area (Å²) in [5.41, 5.74) is 2.99. The minimum Gasteiger partial charge on any atom is -0.325 e. The van der Waals surface area contributed by atoms with Gasteiger partial charge in [-0.2, -0.15) is 5.26 Å². The smallest absolute Gasteiger partial charge is 0.264 e. The Bertz CT molecular complexity index is 1160. The number of nitriles is 1. The molecule has 1 unspecified atom stereocenters. The van der Waals surface area contributed by atoms with Crippen LogP contribution in [-0.2, 0) is 32.5 Å². The Kier molecular flexibility index (Phi) is 6.97. The fourth-order valence-corrected chi connectivity index (χ4v) is 5.10. The number of thioether (sulfide) groups is 1. The molecule has 10 heteroatoms. The van der Waals surface area contributed by atoms with Gasteiger partial charge in [-0.05, 0) is 68.5 Å². The number of rotatable bonds is 6. The van der Waals surface area contributed by atoms with Gasteiger partial charge in [0.15, 0.2) is 0 Å². The van der Waals surface area contributed by atoms with Crippen molar-refractivity contribution in [1.82, 2.24) is 9.71 Å². The van der Waals surface area contributed by atoms with Crippen LogP contribution in [0.25, 0.3) is 0 Å². The minimum atomic E-state index is -3.93. The zero-order chi connectivity index (χ0) is 22.6. The third-order valence-electron chi connectivity index (χ3n) is 4.75. The molecular weight excluding hydrogens is 436 g/mol. The molecule has 2 amide bonds. The van der Waals surface area contributed by atoms with Crippen molar-refractivity contribution < 1.29 is 18.0 Å². The number of nitrogens with zero attached hydrogens (tertiary/aromatic N) is 2. The highest BCUT2D eigenvalue weighted by Gasteiger charge is 2.21. The molecule has 1 atom stereocenters. The van der Waals surface area contributed by atoms with Crippen LogP contribution in [0, 0.1) is 11.3 Å². The van der Waals surface area contributed by atoms with Crippen LogP contribution in [0.2, 0.25) is 0 Å². The minimum absolute atomic E-state index is 0.0833. The number of amides is 2. The van der Waals surface area contributed by atoms with Crippen molar-refractivity contribution in [3.63, 3.8) is 0 Å². The van der Waals surface area contributed by atoms with Crippen molar-refractivity contribution in [3.8, 4) is 6.07 Å². The van der Waals surface area contributed by atoms with Gasteiger partial charge in [0.25, 0.3) is 10.0 Å². The molecule has 8 nitrogen and oxygen atoms in total. The topological polar surface area (TPSA) is 129 Å². The lowest BCUT2D eigenvalue weighted by molar-refractivity contribution is -0.117. The number of carbonyl (C=O) groups is 2. The zero-order valence-corrected chi connectivity index (χ0v) is 18.8. The average Bonchev–Trinajstić information content (AvgIpc) is 2.72. The van der Waals surface area contributed by atoms with Crippen molar-refractivity contribution in [3.05, 3.63) is 47.2 Å². The van der Waals surface area contributed by atoms with Crippen LogP contribution in [0.4, 0.5) is 5.69 Å². The van der Waals surface area contributed by atoms with E-state index < -0.39 is 21.2 Å². The van der Waals surface area contributed by atoms with Crippen molar-refractivity contribution in [2.75, 3.05) is 5.32 Å². The molecule has 2 aromatic rings. The van der Waals surface area contributed by atoms with E-state index in [1.807, 2.05) is 10.8 Å². The highest BCUT2D eigenvalue weighted by molar-refractivity contribution is 8.00. The van der Waals surface area contributed by atoms with E-state index in [0.29, 0.717) is 16.3 Å². The summed E-state index contributed by atoms with van der Waals surface area (Å²) in [7, 11) is -3.93. The Balaban J connectivity index is 1.69. The highest BCUT2D eigenvalue weighted by Crippen LogP contribution is 2.30. The third-order valence-corrected chi connectivity index (χ3v) is 7.31. The van der Waals surface area contributed by atoms with Crippen molar-refractivity contribution in [1.29, 1.82) is 5.26 Å². The lowest BCUT2D eigenvalue weighted by Crippen LogP contribution is -2.28. The summed E-state index contributed by atoms with van der Waals surface area (Å²) >= 11 is 1.22. The van der Waals surface area contributed by atoms with E-state index in [1.54, 1.807) is 6.92 Å². The van der Waals surface area contributed by atoms with Gasteiger partial charge in [-0.1, -0.05) is 11.8 Å². The molecule has 1 heterocycles. The van der Waals surface area contributed by atoms with E-state index in [2.05, 4.69) is 16.4 Å². The standard InChI is InChI=1S/C21H22N4O4S2/c1-13(30-21-16(12-22)11-15-5-3-4-6-19(15)24-21)20(27)23-17-7-9-18(10-8-17)31(28,29)25-14(2)26/h7-11,13H,3-6H2,1-2H3,(H,23,27)(H,25,26). The second-order valence-electron chi connectivity index (χ2n) is 7.20. The Morgan fingerprint density at radius 2 is 1.87 bits per heavy atom. The van der Waals surface area contributed by atoms with Gasteiger partial charge in [-0.15, -0.1) is 0 Å². The van der Waals surface area contributed by atoms with Gasteiger partial charge < -0.3 is 5.32 Å². The van der Waals surface area contributed by atoms with E-state index in [0.717, 1.165) is 43.9 Å². The maximum atomic E-state index is 12.6. The first-order valence-corrected chi connectivity index (χ1v) is 12.1. The van der Waals surface area contributed by atoms with Crippen LogP contribution >= 0.6 is 11.8 Å². The second kappa shape index (κ2) is 9.49. The predicted octanol–water partition coefficient (Wildman–Crippen LogP) is 2.78. The molecule has 0 spiro atoms. The molecule has 31 heavy (non-hydrogen) atoms. The largest absolute Gasteiger partial charge is 0.325 e. The number of pyridine rings is 1. The van der Waals surface area contributed by atoms with E-state index in [-0.39, 0.29) is 10.8 Å². The summed E-state index contributed by atoms with van der Waals surface area (Å²) in [5.74, 6) is -0.985. The number of benzene rings is 1. The van der Waals surface area contributed by atoms with Crippen LogP contribution in [0.5, 0.6) is 0 Å². The highest BCUT2D eigenvalue weighted by atomic mass is 32.2. The van der Waals surface area contributed by atoms with E-state index >= 15 is 0 Å². The summed E-state index contributed by atoms with van der Waals surface area (Å²) in [4.78, 5) is 28.2. The van der Waals surface area contributed by atoms with Crippen molar-refractivity contribution >= 4 is 39.3 Å². The van der Waals surface area contributed by atoms with E-state index in [9.17, 15) is 23.3 Å². The molecule has 0 bridgehead atoms. The molecule has 162 valence electrons. The van der Waals surface area contributed by atoms with Crippen LogP contribution in [0.15, 0.2) is 40.3 Å². The Morgan fingerprint density at radius 1 is 1.19 bits per heavy atom. The quantitative estimate of drug-likeness (QED) is 0.637. The monoisotopic (exact) mass is 458 g/mol. The number of fused-ring (bicyclic) bond motifs is 1. The van der Waals surface area contributed by atoms with Gasteiger partial charge in [0.05, 0.1) is 15.7 Å². The summed E-state index contributed by atoms with van der Waals surface area (Å²) in [6.45, 7) is 2.83. The van der Waals surface area contributed by atoms with Gasteiger partial charge in [0.1, 0.15) is 11.1 Å². The lowest BCUT2D eigenvalue weighted by atomic mass is 9.95. The maximum absolute atomic E-state index is 12.6. The van der Waals surface area contributed by atoms with Crippen molar-refractivity contribution in [2.45, 2.75) is 54.7 Å². The molecule has 2 N–H and O–H groups in total. The number of anilines is 1. The molecule has 1 aromatic carbocycles. The molecule has 3 rings (SSSR count). The maximum Gasteiger partial charge on any atom is 0.264 e. The fourth-order valence-electron chi connectivity index (χ4n) is 3.22. The number of carbonyl (C=O) groups excluding carboxylic acids is 2. The zero-order valence-electron chi connectivity index (χ0n) is 17.1. The first-order chi connectivity index (χ1) is 14.7. The summed E-state index contributed by atoms with van der Waals surface area (Å²) in [6, 6.07) is 9.55. The number of sulfonamides is 1.